The Labute approximate surface area is 151 Å². The second-order valence-electron chi connectivity index (χ2n) is 8.19. The molecule has 5 heteroatoms. The molecule has 5 nitrogen and oxygen atoms in total. The van der Waals surface area contributed by atoms with Gasteiger partial charge >= 0.3 is 0 Å². The highest BCUT2D eigenvalue weighted by Gasteiger charge is 2.28. The molecule has 1 aliphatic heterocycles. The summed E-state index contributed by atoms with van der Waals surface area (Å²) < 4.78 is 0. The molecule has 2 aliphatic rings. The van der Waals surface area contributed by atoms with Crippen LogP contribution in [0.25, 0.3) is 0 Å². The number of benzene rings is 1. The molecule has 0 spiro atoms. The monoisotopic (exact) mass is 347 g/mol. The van der Waals surface area contributed by atoms with E-state index in [1.807, 2.05) is 6.07 Å². The van der Waals surface area contributed by atoms with Crippen LogP contribution in [0.4, 0.5) is 0 Å². The highest BCUT2D eigenvalue weighted by Crippen LogP contribution is 2.26. The third kappa shape index (κ3) is 4.95. The zero-order valence-electron chi connectivity index (χ0n) is 15.8. The predicted molar refractivity (Wildman–Crippen MR) is 98.1 cm³/mol. The molecule has 1 aliphatic carbocycles. The van der Waals surface area contributed by atoms with Crippen LogP contribution in [0.2, 0.25) is 0 Å². The van der Waals surface area contributed by atoms with Gasteiger partial charge in [-0.05, 0) is 48.9 Å². The third-order valence-electron chi connectivity index (χ3n) is 5.55. The molecule has 4 N–H and O–H groups in total. The van der Waals surface area contributed by atoms with Crippen molar-refractivity contribution in [2.24, 2.45) is 0 Å². The van der Waals surface area contributed by atoms with Gasteiger partial charge < -0.3 is 20.2 Å². The van der Waals surface area contributed by atoms with Crippen molar-refractivity contribution in [1.29, 1.82) is 0 Å². The van der Waals surface area contributed by atoms with Gasteiger partial charge in [-0.15, -0.1) is 0 Å². The molecule has 1 heterocycles. The van der Waals surface area contributed by atoms with Crippen molar-refractivity contribution < 1.29 is 19.7 Å². The fraction of sp³-hybridized carbons (Fsp3) is 0.650. The standard InChI is InChI=1S/C20H31N3O2/c1-14(2)18-11-16(19(24)10-15(18)3)12-22-6-8-23(9-7-22)13-20(25)21-17-4-5-17/h10-11,14,17,24H,4-9,12-13H2,1-3H3,(H,21,25)/p+2. The van der Waals surface area contributed by atoms with Gasteiger partial charge in [0.25, 0.3) is 5.91 Å². The first-order valence-electron chi connectivity index (χ1n) is 9.71. The van der Waals surface area contributed by atoms with Gasteiger partial charge in [-0.3, -0.25) is 4.79 Å². The summed E-state index contributed by atoms with van der Waals surface area (Å²) in [7, 11) is 0. The molecule has 0 bridgehead atoms. The van der Waals surface area contributed by atoms with Crippen LogP contribution >= 0.6 is 0 Å². The van der Waals surface area contributed by atoms with E-state index in [4.69, 9.17) is 0 Å². The maximum Gasteiger partial charge on any atom is 0.275 e. The second-order valence-corrected chi connectivity index (χ2v) is 8.19. The van der Waals surface area contributed by atoms with E-state index in [9.17, 15) is 9.90 Å². The van der Waals surface area contributed by atoms with Crippen LogP contribution in [0, 0.1) is 6.92 Å². The first-order chi connectivity index (χ1) is 11.9. The molecule has 0 radical (unpaired) electrons. The predicted octanol–water partition coefficient (Wildman–Crippen LogP) is -0.614. The van der Waals surface area contributed by atoms with E-state index in [1.165, 1.54) is 20.9 Å². The van der Waals surface area contributed by atoms with Gasteiger partial charge in [0.15, 0.2) is 6.54 Å². The number of quaternary nitrogens is 2. The number of carbonyl (C=O) groups excluding carboxylic acids is 1. The summed E-state index contributed by atoms with van der Waals surface area (Å²) in [6.07, 6.45) is 2.30. The SMILES string of the molecule is Cc1cc(O)c(C[NH+]2CC[NH+](CC(=O)NC3CC3)CC2)cc1C(C)C. The minimum absolute atomic E-state index is 0.207. The highest BCUT2D eigenvalue weighted by molar-refractivity contribution is 5.77. The largest absolute Gasteiger partial charge is 0.507 e. The molecule has 0 aromatic heterocycles. The molecule has 1 aromatic rings. The van der Waals surface area contributed by atoms with Crippen LogP contribution in [-0.2, 0) is 11.3 Å². The van der Waals surface area contributed by atoms with Crippen molar-refractivity contribution in [2.45, 2.75) is 52.1 Å². The quantitative estimate of drug-likeness (QED) is 0.555. The Balaban J connectivity index is 1.51. The number of carbonyl (C=O) groups is 1. The van der Waals surface area contributed by atoms with Crippen LogP contribution < -0.4 is 15.1 Å². The summed E-state index contributed by atoms with van der Waals surface area (Å²) in [5.74, 6) is 1.10. The van der Waals surface area contributed by atoms with Crippen molar-refractivity contribution >= 4 is 5.91 Å². The van der Waals surface area contributed by atoms with Crippen molar-refractivity contribution in [1.82, 2.24) is 5.32 Å². The number of aromatic hydroxyl groups is 1. The summed E-state index contributed by atoms with van der Waals surface area (Å²) in [6, 6.07) is 4.55. The van der Waals surface area contributed by atoms with Crippen LogP contribution in [0.5, 0.6) is 5.75 Å². The molecule has 0 atom stereocenters. The smallest absolute Gasteiger partial charge is 0.275 e. The fourth-order valence-electron chi connectivity index (χ4n) is 3.83. The number of hydrogen-bond acceptors (Lipinski definition) is 2. The number of hydrogen-bond donors (Lipinski definition) is 4. The van der Waals surface area contributed by atoms with Crippen molar-refractivity contribution in [3.05, 3.63) is 28.8 Å². The summed E-state index contributed by atoms with van der Waals surface area (Å²) in [5, 5.41) is 13.4. The van der Waals surface area contributed by atoms with Gasteiger partial charge in [0, 0.05) is 11.6 Å². The number of amides is 1. The second kappa shape index (κ2) is 7.75. The van der Waals surface area contributed by atoms with E-state index in [2.05, 4.69) is 32.2 Å². The normalized spacial score (nSPS) is 23.7. The van der Waals surface area contributed by atoms with Gasteiger partial charge in [-0.25, -0.2) is 0 Å². The van der Waals surface area contributed by atoms with E-state index in [1.54, 1.807) is 0 Å². The number of piperazine rings is 1. The van der Waals surface area contributed by atoms with Crippen LogP contribution in [0.1, 0.15) is 49.3 Å². The molecular formula is C20H33N3O2+2. The lowest BCUT2D eigenvalue weighted by Gasteiger charge is -2.29. The van der Waals surface area contributed by atoms with Gasteiger partial charge in [0.1, 0.15) is 38.5 Å². The zero-order valence-corrected chi connectivity index (χ0v) is 15.8. The lowest BCUT2D eigenvalue weighted by Crippen LogP contribution is -3.28. The molecular weight excluding hydrogens is 314 g/mol. The molecule has 25 heavy (non-hydrogen) atoms. The molecule has 3 rings (SSSR count). The summed E-state index contributed by atoms with van der Waals surface area (Å²) in [6.45, 7) is 12.1. The molecule has 2 fully saturated rings. The first kappa shape index (κ1) is 18.2. The summed E-state index contributed by atoms with van der Waals surface area (Å²) >= 11 is 0. The van der Waals surface area contributed by atoms with E-state index in [-0.39, 0.29) is 5.91 Å². The maximum absolute atomic E-state index is 11.9. The van der Waals surface area contributed by atoms with Crippen LogP contribution in [0.3, 0.4) is 0 Å². The highest BCUT2D eigenvalue weighted by atomic mass is 16.3. The molecule has 1 aromatic carbocycles. The molecule has 1 saturated carbocycles. The number of rotatable bonds is 6. The van der Waals surface area contributed by atoms with Crippen LogP contribution in [0.15, 0.2) is 12.1 Å². The Bertz CT molecular complexity index is 618. The van der Waals surface area contributed by atoms with E-state index >= 15 is 0 Å². The first-order valence-corrected chi connectivity index (χ1v) is 9.71. The zero-order chi connectivity index (χ0) is 18.0. The van der Waals surface area contributed by atoms with E-state index in [0.29, 0.717) is 24.3 Å². The lowest BCUT2D eigenvalue weighted by atomic mass is 9.95. The van der Waals surface area contributed by atoms with E-state index < -0.39 is 0 Å². The van der Waals surface area contributed by atoms with Gasteiger partial charge in [0.2, 0.25) is 0 Å². The number of aryl methyl sites for hydroxylation is 1. The topological polar surface area (TPSA) is 58.2 Å². The molecule has 138 valence electrons. The Kier molecular flexibility index (Phi) is 5.64. The number of nitrogens with one attached hydrogen (secondary N) is 3. The Hall–Kier alpha value is -1.59. The van der Waals surface area contributed by atoms with Crippen LogP contribution in [-0.4, -0.2) is 49.8 Å². The minimum Gasteiger partial charge on any atom is -0.507 e. The Morgan fingerprint density at radius 2 is 1.84 bits per heavy atom. The van der Waals surface area contributed by atoms with Crippen molar-refractivity contribution in [3.8, 4) is 5.75 Å². The minimum atomic E-state index is 0.207. The van der Waals surface area contributed by atoms with Gasteiger partial charge in [0.05, 0.1) is 0 Å². The summed E-state index contributed by atoms with van der Waals surface area (Å²) in [4.78, 5) is 14.8. The average Bonchev–Trinajstić information content (AvgIpc) is 3.35. The number of phenols is 1. The number of phenolic OH excluding ortho intramolecular Hbond substituents is 1. The average molecular weight is 348 g/mol. The maximum atomic E-state index is 11.9. The molecule has 0 unspecified atom stereocenters. The summed E-state index contributed by atoms with van der Waals surface area (Å²) in [5.41, 5.74) is 3.55. The van der Waals surface area contributed by atoms with Gasteiger partial charge in [-0.2, -0.15) is 0 Å². The third-order valence-corrected chi connectivity index (χ3v) is 5.55. The van der Waals surface area contributed by atoms with Crippen molar-refractivity contribution in [2.75, 3.05) is 32.7 Å². The Morgan fingerprint density at radius 1 is 1.20 bits per heavy atom. The van der Waals surface area contributed by atoms with Gasteiger partial charge in [-0.1, -0.05) is 13.8 Å². The lowest BCUT2D eigenvalue weighted by molar-refractivity contribution is -1.02. The Morgan fingerprint density at radius 3 is 2.44 bits per heavy atom. The molecule has 1 saturated heterocycles. The molecule has 1 amide bonds. The van der Waals surface area contributed by atoms with Crippen molar-refractivity contribution in [3.63, 3.8) is 0 Å². The fourth-order valence-corrected chi connectivity index (χ4v) is 3.83. The van der Waals surface area contributed by atoms with E-state index in [0.717, 1.165) is 51.1 Å².